The van der Waals surface area contributed by atoms with Gasteiger partial charge in [-0.15, -0.1) is 0 Å². The summed E-state index contributed by atoms with van der Waals surface area (Å²) in [6, 6.07) is 2.35. The van der Waals surface area contributed by atoms with Crippen molar-refractivity contribution in [2.75, 3.05) is 18.0 Å². The third kappa shape index (κ3) is 2.22. The van der Waals surface area contributed by atoms with Gasteiger partial charge >= 0.3 is 0 Å². The van der Waals surface area contributed by atoms with Gasteiger partial charge in [0.2, 0.25) is 5.95 Å². The topological polar surface area (TPSA) is 70.8 Å². The van der Waals surface area contributed by atoms with E-state index >= 15 is 0 Å². The minimum Gasteiger partial charge on any atom is -0.367 e. The van der Waals surface area contributed by atoms with Gasteiger partial charge in [-0.25, -0.2) is 9.97 Å². The highest BCUT2D eigenvalue weighted by Gasteiger charge is 2.17. The summed E-state index contributed by atoms with van der Waals surface area (Å²) in [4.78, 5) is 14.1. The summed E-state index contributed by atoms with van der Waals surface area (Å²) in [6.07, 6.45) is 9.62. The molecule has 0 unspecified atom stereocenters. The van der Waals surface area contributed by atoms with Crippen LogP contribution in [0.5, 0.6) is 0 Å². The standard InChI is InChI=1S/C13H17N5/c14-12-2-5-18(6-3-12)13-16-8-11(9-17-13)10-1-4-15-7-10/h1,4,7-9,12,15H,2-3,5-6,14H2. The molecule has 3 N–H and O–H groups in total. The Morgan fingerprint density at radius 1 is 1.17 bits per heavy atom. The molecule has 0 amide bonds. The molecule has 0 bridgehead atoms. The third-order valence-electron chi connectivity index (χ3n) is 3.39. The summed E-state index contributed by atoms with van der Waals surface area (Å²) in [5.74, 6) is 0.807. The number of hydrogen-bond acceptors (Lipinski definition) is 4. The molecule has 0 radical (unpaired) electrons. The zero-order chi connectivity index (χ0) is 12.4. The van der Waals surface area contributed by atoms with E-state index in [1.54, 1.807) is 0 Å². The van der Waals surface area contributed by atoms with Crippen molar-refractivity contribution in [3.63, 3.8) is 0 Å². The number of H-pyrrole nitrogens is 1. The zero-order valence-corrected chi connectivity index (χ0v) is 10.2. The SMILES string of the molecule is NC1CCN(c2ncc(-c3cc[nH]c3)cn2)CC1. The smallest absolute Gasteiger partial charge is 0.225 e. The van der Waals surface area contributed by atoms with E-state index in [-0.39, 0.29) is 0 Å². The fourth-order valence-electron chi connectivity index (χ4n) is 2.24. The van der Waals surface area contributed by atoms with Gasteiger partial charge in [0.25, 0.3) is 0 Å². The van der Waals surface area contributed by atoms with Gasteiger partial charge in [0, 0.05) is 55.0 Å². The molecule has 1 fully saturated rings. The second-order valence-corrected chi connectivity index (χ2v) is 4.70. The first-order valence-electron chi connectivity index (χ1n) is 6.28. The van der Waals surface area contributed by atoms with Crippen LogP contribution in [-0.2, 0) is 0 Å². The molecule has 2 aromatic rings. The maximum absolute atomic E-state index is 5.89. The Kier molecular flexibility index (Phi) is 2.98. The van der Waals surface area contributed by atoms with Gasteiger partial charge in [-0.3, -0.25) is 0 Å². The van der Waals surface area contributed by atoms with Crippen molar-refractivity contribution in [1.29, 1.82) is 0 Å². The van der Waals surface area contributed by atoms with Crippen LogP contribution < -0.4 is 10.6 Å². The molecule has 1 saturated heterocycles. The van der Waals surface area contributed by atoms with Crippen molar-refractivity contribution < 1.29 is 0 Å². The number of anilines is 1. The normalized spacial score (nSPS) is 17.1. The Morgan fingerprint density at radius 3 is 2.50 bits per heavy atom. The lowest BCUT2D eigenvalue weighted by atomic mass is 10.1. The van der Waals surface area contributed by atoms with E-state index in [0.717, 1.165) is 43.0 Å². The van der Waals surface area contributed by atoms with Crippen LogP contribution in [0.2, 0.25) is 0 Å². The molecule has 5 heteroatoms. The van der Waals surface area contributed by atoms with Crippen LogP contribution in [0.4, 0.5) is 5.95 Å². The monoisotopic (exact) mass is 243 g/mol. The third-order valence-corrected chi connectivity index (χ3v) is 3.39. The molecule has 0 saturated carbocycles. The van der Waals surface area contributed by atoms with Crippen LogP contribution in [0.3, 0.4) is 0 Å². The number of piperidine rings is 1. The van der Waals surface area contributed by atoms with Crippen molar-refractivity contribution in [1.82, 2.24) is 15.0 Å². The molecule has 3 rings (SSSR count). The average Bonchev–Trinajstić information content (AvgIpc) is 2.94. The number of rotatable bonds is 2. The number of aromatic amines is 1. The lowest BCUT2D eigenvalue weighted by molar-refractivity contribution is 0.495. The largest absolute Gasteiger partial charge is 0.367 e. The van der Waals surface area contributed by atoms with Gasteiger partial charge in [0.1, 0.15) is 0 Å². The fourth-order valence-corrected chi connectivity index (χ4v) is 2.24. The predicted molar refractivity (Wildman–Crippen MR) is 71.2 cm³/mol. The molecular weight excluding hydrogens is 226 g/mol. The molecule has 1 aliphatic rings. The fraction of sp³-hybridized carbons (Fsp3) is 0.385. The average molecular weight is 243 g/mol. The summed E-state index contributed by atoms with van der Waals surface area (Å²) in [6.45, 7) is 1.90. The predicted octanol–water partition coefficient (Wildman–Crippen LogP) is 1.40. The molecule has 94 valence electrons. The minimum absolute atomic E-state index is 0.334. The molecular formula is C13H17N5. The summed E-state index contributed by atoms with van der Waals surface area (Å²) >= 11 is 0. The lowest BCUT2D eigenvalue weighted by Crippen LogP contribution is -2.40. The van der Waals surface area contributed by atoms with Crippen LogP contribution in [0.25, 0.3) is 11.1 Å². The Morgan fingerprint density at radius 2 is 1.89 bits per heavy atom. The highest BCUT2D eigenvalue weighted by molar-refractivity contribution is 5.61. The number of nitrogens with zero attached hydrogens (tertiary/aromatic N) is 3. The van der Waals surface area contributed by atoms with E-state index in [2.05, 4.69) is 19.9 Å². The highest BCUT2D eigenvalue weighted by atomic mass is 15.2. The van der Waals surface area contributed by atoms with Crippen LogP contribution in [0.1, 0.15) is 12.8 Å². The van der Waals surface area contributed by atoms with E-state index in [4.69, 9.17) is 5.73 Å². The maximum Gasteiger partial charge on any atom is 0.225 e. The van der Waals surface area contributed by atoms with Gasteiger partial charge in [-0.1, -0.05) is 0 Å². The van der Waals surface area contributed by atoms with Crippen molar-refractivity contribution in [2.24, 2.45) is 5.73 Å². The van der Waals surface area contributed by atoms with E-state index in [9.17, 15) is 0 Å². The Bertz CT molecular complexity index is 483. The summed E-state index contributed by atoms with van der Waals surface area (Å²) in [7, 11) is 0. The van der Waals surface area contributed by atoms with Gasteiger partial charge in [0.15, 0.2) is 0 Å². The second kappa shape index (κ2) is 4.78. The Labute approximate surface area is 106 Å². The van der Waals surface area contributed by atoms with Crippen molar-refractivity contribution >= 4 is 5.95 Å². The molecule has 0 atom stereocenters. The van der Waals surface area contributed by atoms with Crippen LogP contribution in [0.15, 0.2) is 30.9 Å². The molecule has 0 aliphatic carbocycles. The Balaban J connectivity index is 1.75. The van der Waals surface area contributed by atoms with Crippen LogP contribution in [-0.4, -0.2) is 34.1 Å². The molecule has 3 heterocycles. The van der Waals surface area contributed by atoms with E-state index in [1.807, 2.05) is 30.9 Å². The van der Waals surface area contributed by atoms with Crippen molar-refractivity contribution in [3.8, 4) is 11.1 Å². The van der Waals surface area contributed by atoms with Crippen molar-refractivity contribution in [3.05, 3.63) is 30.9 Å². The minimum atomic E-state index is 0.334. The van der Waals surface area contributed by atoms with Gasteiger partial charge in [-0.2, -0.15) is 0 Å². The number of nitrogens with one attached hydrogen (secondary N) is 1. The molecule has 0 aromatic carbocycles. The molecule has 0 spiro atoms. The quantitative estimate of drug-likeness (QED) is 0.836. The maximum atomic E-state index is 5.89. The first-order chi connectivity index (χ1) is 8.83. The number of hydrogen-bond donors (Lipinski definition) is 2. The highest BCUT2D eigenvalue weighted by Crippen LogP contribution is 2.19. The van der Waals surface area contributed by atoms with Crippen LogP contribution in [0, 0.1) is 0 Å². The zero-order valence-electron chi connectivity index (χ0n) is 10.2. The first-order valence-corrected chi connectivity index (χ1v) is 6.28. The van der Waals surface area contributed by atoms with E-state index in [1.165, 1.54) is 0 Å². The van der Waals surface area contributed by atoms with Crippen molar-refractivity contribution in [2.45, 2.75) is 18.9 Å². The number of nitrogens with two attached hydrogens (primary N) is 1. The van der Waals surface area contributed by atoms with E-state index in [0.29, 0.717) is 6.04 Å². The van der Waals surface area contributed by atoms with Gasteiger partial charge < -0.3 is 15.6 Å². The Hall–Kier alpha value is -1.88. The van der Waals surface area contributed by atoms with Crippen LogP contribution >= 0.6 is 0 Å². The molecule has 2 aromatic heterocycles. The number of aromatic nitrogens is 3. The van der Waals surface area contributed by atoms with E-state index < -0.39 is 0 Å². The summed E-state index contributed by atoms with van der Waals surface area (Å²) < 4.78 is 0. The molecule has 1 aliphatic heterocycles. The van der Waals surface area contributed by atoms with Gasteiger partial charge in [0.05, 0.1) is 0 Å². The second-order valence-electron chi connectivity index (χ2n) is 4.70. The lowest BCUT2D eigenvalue weighted by Gasteiger charge is -2.30. The van der Waals surface area contributed by atoms with Gasteiger partial charge in [-0.05, 0) is 18.9 Å². The molecule has 18 heavy (non-hydrogen) atoms. The summed E-state index contributed by atoms with van der Waals surface area (Å²) in [5, 5.41) is 0. The first kappa shape index (κ1) is 11.2. The summed E-state index contributed by atoms with van der Waals surface area (Å²) in [5.41, 5.74) is 8.04. The molecule has 5 nitrogen and oxygen atoms in total.